The van der Waals surface area contributed by atoms with Crippen molar-refractivity contribution in [2.45, 2.75) is 25.0 Å². The molecule has 8 heteroatoms. The third-order valence-corrected chi connectivity index (χ3v) is 4.80. The summed E-state index contributed by atoms with van der Waals surface area (Å²) in [6.07, 6.45) is 2.22. The van der Waals surface area contributed by atoms with E-state index in [-0.39, 0.29) is 24.6 Å². The molecule has 0 bridgehead atoms. The Labute approximate surface area is 149 Å². The molecular formula is C17H20ClN3O4. The van der Waals surface area contributed by atoms with E-state index < -0.39 is 5.60 Å². The van der Waals surface area contributed by atoms with E-state index in [4.69, 9.17) is 16.3 Å². The normalized spacial score (nSPS) is 17.0. The van der Waals surface area contributed by atoms with Crippen molar-refractivity contribution in [1.82, 2.24) is 14.5 Å². The van der Waals surface area contributed by atoms with Gasteiger partial charge in [0.1, 0.15) is 6.61 Å². The topological polar surface area (TPSA) is 84.7 Å². The summed E-state index contributed by atoms with van der Waals surface area (Å²) in [5, 5.41) is 11.8. The average molecular weight is 366 g/mol. The van der Waals surface area contributed by atoms with Gasteiger partial charge in [-0.15, -0.1) is 0 Å². The van der Waals surface area contributed by atoms with Gasteiger partial charge in [-0.25, -0.2) is 4.98 Å². The van der Waals surface area contributed by atoms with Crippen LogP contribution in [0.4, 0.5) is 0 Å². The minimum absolute atomic E-state index is 0.0367. The lowest BCUT2D eigenvalue weighted by Gasteiger charge is -2.38. The predicted molar refractivity (Wildman–Crippen MR) is 93.7 cm³/mol. The molecule has 1 aliphatic heterocycles. The molecule has 0 spiro atoms. The number of carbonyl (C=O) groups excluding carboxylic acids is 1. The highest BCUT2D eigenvalue weighted by Crippen LogP contribution is 2.24. The summed E-state index contributed by atoms with van der Waals surface area (Å²) in [5.74, 6) is -0.0917. The molecule has 0 atom stereocenters. The van der Waals surface area contributed by atoms with Crippen molar-refractivity contribution >= 4 is 28.4 Å². The number of amides is 1. The molecule has 3 rings (SSSR count). The molecule has 25 heavy (non-hydrogen) atoms. The maximum Gasteiger partial charge on any atom is 0.261 e. The van der Waals surface area contributed by atoms with Gasteiger partial charge in [0, 0.05) is 25.2 Å². The Morgan fingerprint density at radius 3 is 2.80 bits per heavy atom. The van der Waals surface area contributed by atoms with E-state index in [1.807, 2.05) is 0 Å². The molecule has 0 aliphatic carbocycles. The van der Waals surface area contributed by atoms with Gasteiger partial charge in [0.15, 0.2) is 0 Å². The first-order valence-electron chi connectivity index (χ1n) is 8.06. The minimum atomic E-state index is -1.05. The molecule has 7 nitrogen and oxygen atoms in total. The number of hydrogen-bond donors (Lipinski definition) is 1. The predicted octanol–water partition coefficient (Wildman–Crippen LogP) is 1.05. The highest BCUT2D eigenvalue weighted by molar-refractivity contribution is 6.31. The standard InChI is InChI=1S/C17H20ClN3O4/c1-25-9-15(22)20-6-4-17(24,5-7-20)10-21-11-19-14-8-12(18)2-3-13(14)16(21)23/h2-3,8,11,24H,4-7,9-10H2,1H3. The van der Waals surface area contributed by atoms with Gasteiger partial charge in [0.05, 0.1) is 29.4 Å². The number of rotatable bonds is 4. The molecule has 2 aromatic rings. The van der Waals surface area contributed by atoms with E-state index >= 15 is 0 Å². The summed E-state index contributed by atoms with van der Waals surface area (Å²) in [5.41, 5.74) is -0.733. The SMILES string of the molecule is COCC(=O)N1CCC(O)(Cn2cnc3cc(Cl)ccc3c2=O)CC1. The number of ether oxygens (including phenoxy) is 1. The van der Waals surface area contributed by atoms with Crippen LogP contribution in [0, 0.1) is 0 Å². The second-order valence-corrected chi connectivity index (χ2v) is 6.81. The Morgan fingerprint density at radius 2 is 2.12 bits per heavy atom. The van der Waals surface area contributed by atoms with Crippen molar-refractivity contribution in [2.75, 3.05) is 26.8 Å². The van der Waals surface area contributed by atoms with Crippen molar-refractivity contribution in [1.29, 1.82) is 0 Å². The Kier molecular flexibility index (Phi) is 5.08. The number of halogens is 1. The number of aromatic nitrogens is 2. The number of hydrogen-bond acceptors (Lipinski definition) is 5. The number of likely N-dealkylation sites (tertiary alicyclic amines) is 1. The summed E-state index contributed by atoms with van der Waals surface area (Å²) in [6, 6.07) is 4.92. The van der Waals surface area contributed by atoms with E-state index in [1.165, 1.54) is 18.0 Å². The van der Waals surface area contributed by atoms with Crippen LogP contribution < -0.4 is 5.56 Å². The molecule has 1 saturated heterocycles. The fourth-order valence-electron chi connectivity index (χ4n) is 3.11. The number of nitrogens with zero attached hydrogens (tertiary/aromatic N) is 3. The number of aliphatic hydroxyl groups is 1. The highest BCUT2D eigenvalue weighted by Gasteiger charge is 2.34. The van der Waals surface area contributed by atoms with E-state index in [0.29, 0.717) is 41.9 Å². The first kappa shape index (κ1) is 17.8. The number of fused-ring (bicyclic) bond motifs is 1. The van der Waals surface area contributed by atoms with Crippen LogP contribution in [0.15, 0.2) is 29.3 Å². The van der Waals surface area contributed by atoms with Gasteiger partial charge in [-0.2, -0.15) is 0 Å². The van der Waals surface area contributed by atoms with E-state index in [1.54, 1.807) is 23.1 Å². The van der Waals surface area contributed by atoms with E-state index in [2.05, 4.69) is 4.98 Å². The number of benzene rings is 1. The largest absolute Gasteiger partial charge is 0.388 e. The number of methoxy groups -OCH3 is 1. The molecule has 1 N–H and O–H groups in total. The van der Waals surface area contributed by atoms with Crippen LogP contribution in [0.1, 0.15) is 12.8 Å². The van der Waals surface area contributed by atoms with E-state index in [0.717, 1.165) is 0 Å². The Morgan fingerprint density at radius 1 is 1.40 bits per heavy atom. The smallest absolute Gasteiger partial charge is 0.261 e. The summed E-state index contributed by atoms with van der Waals surface area (Å²) >= 11 is 5.92. The van der Waals surface area contributed by atoms with Crippen molar-refractivity contribution < 1.29 is 14.6 Å². The Hall–Kier alpha value is -1.96. The summed E-state index contributed by atoms with van der Waals surface area (Å²) in [4.78, 5) is 30.4. The molecule has 0 unspecified atom stereocenters. The van der Waals surface area contributed by atoms with Crippen LogP contribution >= 0.6 is 11.6 Å². The molecule has 1 amide bonds. The first-order valence-corrected chi connectivity index (χ1v) is 8.43. The average Bonchev–Trinajstić information content (AvgIpc) is 2.58. The van der Waals surface area contributed by atoms with Crippen LogP contribution in [-0.2, 0) is 16.1 Å². The van der Waals surface area contributed by atoms with Crippen LogP contribution in [0.2, 0.25) is 5.02 Å². The summed E-state index contributed by atoms with van der Waals surface area (Å²) in [7, 11) is 1.48. The zero-order chi connectivity index (χ0) is 18.0. The second kappa shape index (κ2) is 7.11. The highest BCUT2D eigenvalue weighted by atomic mass is 35.5. The van der Waals surface area contributed by atoms with Gasteiger partial charge < -0.3 is 14.7 Å². The molecule has 1 aromatic heterocycles. The molecular weight excluding hydrogens is 346 g/mol. The second-order valence-electron chi connectivity index (χ2n) is 6.38. The van der Waals surface area contributed by atoms with Gasteiger partial charge in [0.2, 0.25) is 5.91 Å². The minimum Gasteiger partial charge on any atom is -0.388 e. The lowest BCUT2D eigenvalue weighted by atomic mass is 9.91. The summed E-state index contributed by atoms with van der Waals surface area (Å²) < 4.78 is 6.27. The van der Waals surface area contributed by atoms with Crippen LogP contribution in [-0.4, -0.2) is 57.9 Å². The fourth-order valence-corrected chi connectivity index (χ4v) is 3.27. The zero-order valence-electron chi connectivity index (χ0n) is 13.9. The third-order valence-electron chi connectivity index (χ3n) is 4.57. The van der Waals surface area contributed by atoms with Crippen LogP contribution in [0.5, 0.6) is 0 Å². The molecule has 1 fully saturated rings. The molecule has 0 saturated carbocycles. The lowest BCUT2D eigenvalue weighted by Crippen LogP contribution is -2.50. The quantitative estimate of drug-likeness (QED) is 0.875. The van der Waals surface area contributed by atoms with Crippen LogP contribution in [0.25, 0.3) is 10.9 Å². The van der Waals surface area contributed by atoms with Gasteiger partial charge in [0.25, 0.3) is 5.56 Å². The van der Waals surface area contributed by atoms with E-state index in [9.17, 15) is 14.7 Å². The van der Waals surface area contributed by atoms with Gasteiger partial charge >= 0.3 is 0 Å². The number of carbonyl (C=O) groups is 1. The summed E-state index contributed by atoms with van der Waals surface area (Å²) in [6.45, 7) is 1.05. The van der Waals surface area contributed by atoms with Crippen LogP contribution in [0.3, 0.4) is 0 Å². The first-order chi connectivity index (χ1) is 11.9. The van der Waals surface area contributed by atoms with Crippen molar-refractivity contribution in [3.05, 3.63) is 39.9 Å². The monoisotopic (exact) mass is 365 g/mol. The Bertz CT molecular complexity index is 843. The molecule has 134 valence electrons. The maximum atomic E-state index is 12.6. The van der Waals surface area contributed by atoms with Gasteiger partial charge in [-0.1, -0.05) is 11.6 Å². The van der Waals surface area contributed by atoms with Gasteiger partial charge in [-0.05, 0) is 31.0 Å². The maximum absolute atomic E-state index is 12.6. The molecule has 1 aliphatic rings. The molecule has 2 heterocycles. The van der Waals surface area contributed by atoms with Crippen molar-refractivity contribution in [3.63, 3.8) is 0 Å². The third kappa shape index (κ3) is 3.84. The Balaban J connectivity index is 1.75. The molecule has 1 aromatic carbocycles. The van der Waals surface area contributed by atoms with Gasteiger partial charge in [-0.3, -0.25) is 14.2 Å². The fraction of sp³-hybridized carbons (Fsp3) is 0.471. The lowest BCUT2D eigenvalue weighted by molar-refractivity contribution is -0.139. The van der Waals surface area contributed by atoms with Crippen molar-refractivity contribution in [3.8, 4) is 0 Å². The zero-order valence-corrected chi connectivity index (χ0v) is 14.7. The van der Waals surface area contributed by atoms with Crippen molar-refractivity contribution in [2.24, 2.45) is 0 Å². The molecule has 0 radical (unpaired) electrons. The number of piperidine rings is 1.